The molecule has 0 bridgehead atoms. The van der Waals surface area contributed by atoms with Crippen molar-refractivity contribution in [2.75, 3.05) is 0 Å². The summed E-state index contributed by atoms with van der Waals surface area (Å²) in [5.74, 6) is 0. The van der Waals surface area contributed by atoms with Gasteiger partial charge in [0.2, 0.25) is 0 Å². The molecule has 0 unspecified atom stereocenters. The van der Waals surface area contributed by atoms with Crippen molar-refractivity contribution in [2.45, 2.75) is 6.42 Å². The molecule has 1 aromatic heterocycles. The van der Waals surface area contributed by atoms with E-state index in [0.29, 0.717) is 0 Å². The van der Waals surface area contributed by atoms with Crippen molar-refractivity contribution in [1.82, 2.24) is 4.57 Å². The minimum absolute atomic E-state index is 0.728. The SMILES string of the molecule is C=C/C=C(\C=N)c1ccc2c(ccc3c4ccc(C\C=C/C(=C\N)C(/C=C)=C/N)cc4n(-c4cccc5ccccc45)c23)c1. The highest BCUT2D eigenvalue weighted by molar-refractivity contribution is 6.20. The molecular formula is C40H34N4. The summed E-state index contributed by atoms with van der Waals surface area (Å²) in [6.45, 7) is 7.65. The minimum atomic E-state index is 0.728. The number of nitrogens with one attached hydrogen (secondary N) is 1. The Hall–Kier alpha value is -5.87. The van der Waals surface area contributed by atoms with Gasteiger partial charge in [-0.3, -0.25) is 0 Å². The van der Waals surface area contributed by atoms with E-state index in [2.05, 4.69) is 115 Å². The van der Waals surface area contributed by atoms with Crippen LogP contribution in [-0.4, -0.2) is 10.8 Å². The number of hydrogen-bond donors (Lipinski definition) is 3. The summed E-state index contributed by atoms with van der Waals surface area (Å²) in [6, 6.07) is 32.6. The molecule has 0 saturated heterocycles. The number of allylic oxidation sites excluding steroid dienone is 8. The number of aromatic nitrogens is 1. The fourth-order valence-corrected chi connectivity index (χ4v) is 6.05. The first kappa shape index (κ1) is 28.3. The second-order valence-corrected chi connectivity index (χ2v) is 10.6. The van der Waals surface area contributed by atoms with Gasteiger partial charge < -0.3 is 21.4 Å². The Morgan fingerprint density at radius 1 is 0.750 bits per heavy atom. The van der Waals surface area contributed by atoms with E-state index < -0.39 is 0 Å². The second-order valence-electron chi connectivity index (χ2n) is 10.6. The second kappa shape index (κ2) is 12.2. The van der Waals surface area contributed by atoms with Crippen molar-refractivity contribution in [1.29, 1.82) is 5.41 Å². The summed E-state index contributed by atoms with van der Waals surface area (Å²) in [5, 5.41) is 15.0. The van der Waals surface area contributed by atoms with Crippen molar-refractivity contribution in [2.24, 2.45) is 11.5 Å². The third kappa shape index (κ3) is 4.93. The van der Waals surface area contributed by atoms with Crippen LogP contribution in [0.25, 0.3) is 54.6 Å². The molecule has 5 N–H and O–H groups in total. The first-order chi connectivity index (χ1) is 21.6. The summed E-state index contributed by atoms with van der Waals surface area (Å²) in [6.07, 6.45) is 14.5. The standard InChI is InChI=1S/C40H34N4/c1-3-9-32(25-42)30-17-20-35-31(23-30)18-21-37-36-19-16-27(10-7-13-33(26-43)28(4-2)24-41)22-39(36)44(40(35)37)38-15-8-12-29-11-5-6-14-34(29)38/h3-9,11-26,42H,1-2,10,41,43H2/b13-7-,28-24+,32-9+,33-26+,42-25?. The summed E-state index contributed by atoms with van der Waals surface area (Å²) in [4.78, 5) is 0. The molecule has 0 spiro atoms. The molecule has 214 valence electrons. The zero-order valence-corrected chi connectivity index (χ0v) is 24.5. The maximum Gasteiger partial charge on any atom is 0.0619 e. The van der Waals surface area contributed by atoms with Gasteiger partial charge in [-0.05, 0) is 63.2 Å². The Bertz CT molecular complexity index is 2210. The van der Waals surface area contributed by atoms with Gasteiger partial charge >= 0.3 is 0 Å². The highest BCUT2D eigenvalue weighted by atomic mass is 15.0. The smallest absolute Gasteiger partial charge is 0.0619 e. The van der Waals surface area contributed by atoms with Crippen LogP contribution in [0, 0.1) is 5.41 Å². The zero-order chi connectivity index (χ0) is 30.6. The predicted octanol–water partition coefficient (Wildman–Crippen LogP) is 9.28. The molecule has 4 nitrogen and oxygen atoms in total. The number of nitrogens with two attached hydrogens (primary N) is 2. The number of rotatable bonds is 9. The maximum absolute atomic E-state index is 7.91. The third-order valence-corrected chi connectivity index (χ3v) is 8.17. The van der Waals surface area contributed by atoms with E-state index in [4.69, 9.17) is 16.9 Å². The van der Waals surface area contributed by atoms with Gasteiger partial charge in [0.05, 0.1) is 16.7 Å². The van der Waals surface area contributed by atoms with Gasteiger partial charge in [0, 0.05) is 40.2 Å². The van der Waals surface area contributed by atoms with Gasteiger partial charge in [-0.15, -0.1) is 0 Å². The van der Waals surface area contributed by atoms with Crippen molar-refractivity contribution in [3.05, 3.63) is 169 Å². The lowest BCUT2D eigenvalue weighted by Crippen LogP contribution is -1.97. The lowest BCUT2D eigenvalue weighted by Gasteiger charge is -2.14. The quantitative estimate of drug-likeness (QED) is 0.120. The molecule has 1 heterocycles. The molecule has 0 aliphatic carbocycles. The highest BCUT2D eigenvalue weighted by Crippen LogP contribution is 2.39. The molecule has 0 atom stereocenters. The Balaban J connectivity index is 1.60. The molecule has 0 aliphatic rings. The molecular weight excluding hydrogens is 536 g/mol. The Morgan fingerprint density at radius 3 is 2.30 bits per heavy atom. The molecule has 0 amide bonds. The van der Waals surface area contributed by atoms with Gasteiger partial charge in [-0.1, -0.05) is 116 Å². The molecule has 6 aromatic rings. The maximum atomic E-state index is 7.91. The first-order valence-electron chi connectivity index (χ1n) is 14.6. The van der Waals surface area contributed by atoms with Crippen molar-refractivity contribution < 1.29 is 0 Å². The fraction of sp³-hybridized carbons (Fsp3) is 0.0250. The average molecular weight is 571 g/mol. The Morgan fingerprint density at radius 2 is 1.52 bits per heavy atom. The molecule has 0 aliphatic heterocycles. The predicted molar refractivity (Wildman–Crippen MR) is 190 cm³/mol. The van der Waals surface area contributed by atoms with Crippen molar-refractivity contribution in [3.63, 3.8) is 0 Å². The van der Waals surface area contributed by atoms with Crippen LogP contribution >= 0.6 is 0 Å². The molecule has 6 rings (SSSR count). The van der Waals surface area contributed by atoms with E-state index in [1.807, 2.05) is 12.2 Å². The van der Waals surface area contributed by atoms with Crippen LogP contribution in [0.15, 0.2) is 158 Å². The van der Waals surface area contributed by atoms with Crippen molar-refractivity contribution >= 4 is 55.1 Å². The lowest BCUT2D eigenvalue weighted by atomic mass is 9.99. The fourth-order valence-electron chi connectivity index (χ4n) is 6.05. The van der Waals surface area contributed by atoms with Crippen molar-refractivity contribution in [3.8, 4) is 5.69 Å². The van der Waals surface area contributed by atoms with E-state index in [-0.39, 0.29) is 0 Å². The largest absolute Gasteiger partial charge is 0.404 e. The van der Waals surface area contributed by atoms with Crippen LogP contribution in [-0.2, 0) is 6.42 Å². The highest BCUT2D eigenvalue weighted by Gasteiger charge is 2.17. The third-order valence-electron chi connectivity index (χ3n) is 8.17. The van der Waals surface area contributed by atoms with Crippen LogP contribution in [0.1, 0.15) is 11.1 Å². The molecule has 4 heteroatoms. The molecule has 0 fully saturated rings. The topological polar surface area (TPSA) is 80.8 Å². The molecule has 5 aromatic carbocycles. The van der Waals surface area contributed by atoms with Gasteiger partial charge in [0.15, 0.2) is 0 Å². The van der Waals surface area contributed by atoms with Gasteiger partial charge in [-0.2, -0.15) is 0 Å². The summed E-state index contributed by atoms with van der Waals surface area (Å²) < 4.78 is 2.41. The molecule has 0 saturated carbocycles. The van der Waals surface area contributed by atoms with Crippen LogP contribution in [0.3, 0.4) is 0 Å². The number of fused-ring (bicyclic) bond motifs is 6. The normalized spacial score (nSPS) is 13.0. The van der Waals surface area contributed by atoms with E-state index in [1.165, 1.54) is 39.5 Å². The summed E-state index contributed by atoms with van der Waals surface area (Å²) >= 11 is 0. The van der Waals surface area contributed by atoms with Gasteiger partial charge in [0.1, 0.15) is 0 Å². The molecule has 0 radical (unpaired) electrons. The summed E-state index contributed by atoms with van der Waals surface area (Å²) in [7, 11) is 0. The number of benzene rings is 5. The first-order valence-corrected chi connectivity index (χ1v) is 14.6. The van der Waals surface area contributed by atoms with E-state index in [0.717, 1.165) is 56.2 Å². The average Bonchev–Trinajstić information content (AvgIpc) is 3.40. The number of nitrogens with zero attached hydrogens (tertiary/aromatic N) is 1. The van der Waals surface area contributed by atoms with Crippen LogP contribution in [0.2, 0.25) is 0 Å². The van der Waals surface area contributed by atoms with E-state index >= 15 is 0 Å². The zero-order valence-electron chi connectivity index (χ0n) is 24.5. The van der Waals surface area contributed by atoms with E-state index in [9.17, 15) is 0 Å². The monoisotopic (exact) mass is 570 g/mol. The number of hydrogen-bond acceptors (Lipinski definition) is 3. The molecule has 44 heavy (non-hydrogen) atoms. The summed E-state index contributed by atoms with van der Waals surface area (Å²) in [5.41, 5.74) is 19.7. The van der Waals surface area contributed by atoms with Crippen LogP contribution in [0.5, 0.6) is 0 Å². The van der Waals surface area contributed by atoms with Gasteiger partial charge in [0.25, 0.3) is 0 Å². The van der Waals surface area contributed by atoms with Crippen LogP contribution in [0.4, 0.5) is 0 Å². The van der Waals surface area contributed by atoms with Gasteiger partial charge in [-0.25, -0.2) is 0 Å². The Kier molecular flexibility index (Phi) is 7.81. The minimum Gasteiger partial charge on any atom is -0.404 e. The van der Waals surface area contributed by atoms with Crippen LogP contribution < -0.4 is 11.5 Å². The lowest BCUT2D eigenvalue weighted by molar-refractivity contribution is 1.19. The Labute approximate surface area is 257 Å². The van der Waals surface area contributed by atoms with E-state index in [1.54, 1.807) is 18.4 Å².